The molecule has 48 heavy (non-hydrogen) atoms. The maximum Gasteiger partial charge on any atom is 0.306 e. The number of aliphatic carboxylic acids is 1. The van der Waals surface area contributed by atoms with Gasteiger partial charge in [-0.1, -0.05) is 91.9 Å². The van der Waals surface area contributed by atoms with Gasteiger partial charge < -0.3 is 5.11 Å². The van der Waals surface area contributed by atoms with E-state index in [9.17, 15) is 22.8 Å². The number of aromatic nitrogens is 6. The molecule has 18 heteroatoms. The Bertz CT molecular complexity index is 2350. The van der Waals surface area contributed by atoms with Gasteiger partial charge in [0.2, 0.25) is 14.2 Å². The lowest BCUT2D eigenvalue weighted by molar-refractivity contribution is -0.134. The number of hydrogen-bond donors (Lipinski definition) is 2. The van der Waals surface area contributed by atoms with Crippen molar-refractivity contribution in [3.05, 3.63) is 101 Å². The summed E-state index contributed by atoms with van der Waals surface area (Å²) >= 11 is 14.0. The molecule has 0 radical (unpaired) electrons. The minimum atomic E-state index is -3.48. The molecule has 6 rings (SSSR count). The second-order valence-electron chi connectivity index (χ2n) is 9.40. The first-order valence-corrected chi connectivity index (χ1v) is 17.1. The van der Waals surface area contributed by atoms with Crippen LogP contribution in [0.5, 0.6) is 0 Å². The van der Waals surface area contributed by atoms with Crippen LogP contribution in [-0.2, 0) is 14.6 Å². The molecule has 0 aliphatic heterocycles. The van der Waals surface area contributed by atoms with Crippen LogP contribution in [0.1, 0.15) is 39.8 Å². The number of aromatic amines is 1. The predicted octanol–water partition coefficient (Wildman–Crippen LogP) is 6.06. The summed E-state index contributed by atoms with van der Waals surface area (Å²) in [5, 5.41) is 8.30. The highest BCUT2D eigenvalue weighted by molar-refractivity contribution is 7.93. The van der Waals surface area contributed by atoms with Gasteiger partial charge in [-0.25, -0.2) is 23.4 Å². The number of H-pyrrole nitrogens is 1. The number of carboxylic acids is 1. The number of thiazole rings is 2. The minimum Gasteiger partial charge on any atom is -0.481 e. The Morgan fingerprint density at radius 3 is 1.83 bits per heavy atom. The van der Waals surface area contributed by atoms with Crippen LogP contribution in [0.3, 0.4) is 0 Å². The first-order valence-electron chi connectivity index (χ1n) is 13.1. The monoisotopic (exact) mass is 754 g/mol. The van der Waals surface area contributed by atoms with E-state index in [0.29, 0.717) is 31.8 Å². The Kier molecular flexibility index (Phi) is 13.5. The van der Waals surface area contributed by atoms with Crippen LogP contribution in [0, 0.1) is 13.8 Å². The molecule has 0 saturated heterocycles. The van der Waals surface area contributed by atoms with E-state index in [2.05, 4.69) is 19.9 Å². The van der Waals surface area contributed by atoms with Crippen LogP contribution in [0.25, 0.3) is 32.1 Å². The van der Waals surface area contributed by atoms with Crippen LogP contribution < -0.4 is 16.0 Å². The fraction of sp³-hybridized carbons (Fsp3) is 0.233. The van der Waals surface area contributed by atoms with E-state index in [4.69, 9.17) is 33.1 Å². The number of sulfone groups is 1. The molecule has 0 amide bonds. The van der Waals surface area contributed by atoms with Gasteiger partial charge >= 0.3 is 4.87 Å². The number of rotatable bonds is 4. The van der Waals surface area contributed by atoms with Crippen LogP contribution in [-0.4, -0.2) is 54.3 Å². The first kappa shape index (κ1) is 40.0. The van der Waals surface area contributed by atoms with Gasteiger partial charge in [0.25, 0.3) is 17.1 Å². The maximum absolute atomic E-state index is 12.7. The third kappa shape index (κ3) is 8.43. The summed E-state index contributed by atoms with van der Waals surface area (Å²) in [7, 11) is -3.48. The molecule has 13 nitrogen and oxygen atoms in total. The Labute approximate surface area is 293 Å². The lowest BCUT2D eigenvalue weighted by atomic mass is 10.2. The summed E-state index contributed by atoms with van der Waals surface area (Å²) in [6.07, 6.45) is 2.70. The summed E-state index contributed by atoms with van der Waals surface area (Å²) in [4.78, 5) is 59.7. The molecule has 4 heterocycles. The average Bonchev–Trinajstić information content (AvgIpc) is 3.60. The molecular weight excluding hydrogens is 723 g/mol. The van der Waals surface area contributed by atoms with Crippen molar-refractivity contribution < 1.29 is 18.3 Å². The van der Waals surface area contributed by atoms with Crippen molar-refractivity contribution in [2.24, 2.45) is 0 Å². The highest BCUT2D eigenvalue weighted by Gasteiger charge is 2.21. The molecule has 0 aliphatic rings. The predicted molar refractivity (Wildman–Crippen MR) is 193 cm³/mol. The summed E-state index contributed by atoms with van der Waals surface area (Å²) in [5.41, 5.74) is 2.54. The molecule has 0 spiro atoms. The summed E-state index contributed by atoms with van der Waals surface area (Å²) < 4.78 is 27.0. The molecule has 0 aliphatic carbocycles. The van der Waals surface area contributed by atoms with Crippen LogP contribution >= 0.6 is 45.9 Å². The molecule has 0 saturated carbocycles. The number of carboxylic acid groups (broad SMARTS) is 1. The number of aryl methyl sites for hydroxylation is 2. The summed E-state index contributed by atoms with van der Waals surface area (Å²) in [6.45, 7) is 6.30. The topological polar surface area (TPSA) is 187 Å². The van der Waals surface area contributed by atoms with Crippen LogP contribution in [0.4, 0.5) is 0 Å². The van der Waals surface area contributed by atoms with Crippen molar-refractivity contribution >= 4 is 82.4 Å². The van der Waals surface area contributed by atoms with E-state index in [1.165, 1.54) is 28.7 Å². The maximum atomic E-state index is 12.7. The Morgan fingerprint density at radius 2 is 1.35 bits per heavy atom. The standard InChI is InChI=1S/C14H12ClN3O3S2.C12H8ClN3O2S.C2H4O2.2CH4/c1-3-23(20,21)14-17-12-11(22-14)13(19)18(7-16-12)10-8(2)5-4-6-9(10)15;1-6-3-2-4-7(13)8(6)16-5-14-10-9(11(16)17)19-12(18)15-10;1-2(3)4;;/h4-7H,3H2,1-2H3;2-5H,1H3,(H,15,18);1H3,(H,3,4);2*1H4. The molecule has 6 aromatic rings. The molecular formula is C30H32Cl2N6O7S3. The number of fused-ring (bicyclic) bond motifs is 2. The van der Waals surface area contributed by atoms with Crippen LogP contribution in [0.15, 0.2) is 67.8 Å². The van der Waals surface area contributed by atoms with Crippen molar-refractivity contribution in [2.75, 3.05) is 5.75 Å². The zero-order valence-corrected chi connectivity index (χ0v) is 28.4. The average molecular weight is 756 g/mol. The fourth-order valence-corrected chi connectivity index (χ4v) is 7.67. The fourth-order valence-electron chi connectivity index (χ4n) is 4.06. The summed E-state index contributed by atoms with van der Waals surface area (Å²) in [5.74, 6) is -0.912. The van der Waals surface area contributed by atoms with E-state index < -0.39 is 15.8 Å². The zero-order valence-electron chi connectivity index (χ0n) is 24.4. The van der Waals surface area contributed by atoms with Gasteiger partial charge in [-0.2, -0.15) is 0 Å². The molecule has 0 bridgehead atoms. The highest BCUT2D eigenvalue weighted by atomic mass is 35.5. The number of halogens is 2. The Morgan fingerprint density at radius 1 is 0.875 bits per heavy atom. The van der Waals surface area contributed by atoms with Crippen molar-refractivity contribution in [3.63, 3.8) is 0 Å². The zero-order chi connectivity index (χ0) is 33.9. The van der Waals surface area contributed by atoms with Gasteiger partial charge in [0.1, 0.15) is 22.1 Å². The quantitative estimate of drug-likeness (QED) is 0.214. The van der Waals surface area contributed by atoms with E-state index in [1.807, 2.05) is 32.0 Å². The van der Waals surface area contributed by atoms with E-state index in [1.54, 1.807) is 18.2 Å². The SMILES string of the molecule is C.C.CC(=O)O.CCS(=O)(=O)c1nc2ncn(-c3c(C)cccc3Cl)c(=O)c2s1.Cc1cccc(Cl)c1-n1cnc2[nH]c(=O)sc2c1=O. The van der Waals surface area contributed by atoms with Crippen molar-refractivity contribution in [3.8, 4) is 11.4 Å². The Balaban J connectivity index is 0.000000293. The molecule has 0 unspecified atom stereocenters. The molecule has 4 aromatic heterocycles. The largest absolute Gasteiger partial charge is 0.481 e. The lowest BCUT2D eigenvalue weighted by Gasteiger charge is -2.10. The number of nitrogens with zero attached hydrogens (tertiary/aromatic N) is 5. The van der Waals surface area contributed by atoms with Crippen LogP contribution in [0.2, 0.25) is 10.0 Å². The van der Waals surface area contributed by atoms with Crippen molar-refractivity contribution in [2.45, 2.75) is 46.9 Å². The number of benzene rings is 2. The highest BCUT2D eigenvalue weighted by Crippen LogP contribution is 2.26. The van der Waals surface area contributed by atoms with Crippen molar-refractivity contribution in [1.82, 2.24) is 29.1 Å². The van der Waals surface area contributed by atoms with E-state index >= 15 is 0 Å². The third-order valence-electron chi connectivity index (χ3n) is 6.15. The Hall–Kier alpha value is -4.22. The van der Waals surface area contributed by atoms with Gasteiger partial charge in [-0.15, -0.1) is 0 Å². The second-order valence-corrected chi connectivity index (χ2v) is 14.6. The van der Waals surface area contributed by atoms with Gasteiger partial charge in [-0.05, 0) is 37.1 Å². The van der Waals surface area contributed by atoms with Crippen molar-refractivity contribution in [1.29, 1.82) is 0 Å². The number of nitrogens with one attached hydrogen (secondary N) is 1. The smallest absolute Gasteiger partial charge is 0.306 e. The number of carbonyl (C=O) groups is 1. The normalized spacial score (nSPS) is 10.6. The molecule has 2 aromatic carbocycles. The van der Waals surface area contributed by atoms with E-state index in [0.717, 1.165) is 40.7 Å². The van der Waals surface area contributed by atoms with Gasteiger partial charge in [0.15, 0.2) is 11.3 Å². The number of hydrogen-bond acceptors (Lipinski definition) is 11. The molecule has 0 atom stereocenters. The molecule has 0 fully saturated rings. The van der Waals surface area contributed by atoms with Gasteiger partial charge in [0, 0.05) is 6.92 Å². The van der Waals surface area contributed by atoms with Gasteiger partial charge in [0.05, 0.1) is 27.2 Å². The molecule has 2 N–H and O–H groups in total. The van der Waals surface area contributed by atoms with Gasteiger partial charge in [-0.3, -0.25) is 33.3 Å². The second kappa shape index (κ2) is 16.3. The first-order chi connectivity index (χ1) is 21.7. The third-order valence-corrected chi connectivity index (χ3v) is 10.8. The number of para-hydroxylation sites is 2. The van der Waals surface area contributed by atoms with E-state index in [-0.39, 0.29) is 51.3 Å². The minimum absolute atomic E-state index is 0. The summed E-state index contributed by atoms with van der Waals surface area (Å²) in [6, 6.07) is 10.7. The lowest BCUT2D eigenvalue weighted by Crippen LogP contribution is -2.19. The molecule has 256 valence electrons.